The largest absolute Gasteiger partial charge is 0.361 e. The van der Waals surface area contributed by atoms with Crippen LogP contribution in [0.1, 0.15) is 17.9 Å². The van der Waals surface area contributed by atoms with E-state index in [1.54, 1.807) is 0 Å². The van der Waals surface area contributed by atoms with Crippen molar-refractivity contribution in [3.8, 4) is 0 Å². The maximum atomic E-state index is 6.05. The zero-order valence-corrected chi connectivity index (χ0v) is 10.9. The molecule has 3 nitrogen and oxygen atoms in total. The summed E-state index contributed by atoms with van der Waals surface area (Å²) in [7, 11) is 2.20. The normalized spacial score (nSPS) is 22.7. The van der Waals surface area contributed by atoms with Gasteiger partial charge in [-0.3, -0.25) is 0 Å². The van der Waals surface area contributed by atoms with Gasteiger partial charge in [-0.2, -0.15) is 0 Å². The standard InChI is InChI=1S/C15H21N3/c1-18-7-6-11(10-18)13(8-16)14-9-17-15-5-3-2-4-12(14)15/h2-5,9,11,13,17H,6-8,10,16H2,1H3. The van der Waals surface area contributed by atoms with E-state index < -0.39 is 0 Å². The number of fused-ring (bicyclic) bond motifs is 1. The zero-order valence-electron chi connectivity index (χ0n) is 10.9. The second-order valence-electron chi connectivity index (χ2n) is 5.44. The lowest BCUT2D eigenvalue weighted by molar-refractivity contribution is 0.372. The molecule has 96 valence electrons. The summed E-state index contributed by atoms with van der Waals surface area (Å²) < 4.78 is 0. The van der Waals surface area contributed by atoms with Crippen LogP contribution in [0, 0.1) is 5.92 Å². The highest BCUT2D eigenvalue weighted by Gasteiger charge is 2.29. The first-order chi connectivity index (χ1) is 8.79. The number of aromatic amines is 1. The summed E-state index contributed by atoms with van der Waals surface area (Å²) in [5.41, 5.74) is 8.66. The van der Waals surface area contributed by atoms with Gasteiger partial charge in [-0.05, 0) is 44.1 Å². The van der Waals surface area contributed by atoms with Crippen molar-refractivity contribution in [1.29, 1.82) is 0 Å². The van der Waals surface area contributed by atoms with Crippen LogP contribution in [0.15, 0.2) is 30.5 Å². The molecule has 1 aromatic carbocycles. The average Bonchev–Trinajstić information content (AvgIpc) is 2.98. The molecule has 2 aromatic rings. The summed E-state index contributed by atoms with van der Waals surface area (Å²) in [5.74, 6) is 1.17. The number of nitrogens with two attached hydrogens (primary N) is 1. The lowest BCUT2D eigenvalue weighted by Gasteiger charge is -2.21. The molecule has 1 aliphatic rings. The van der Waals surface area contributed by atoms with Gasteiger partial charge < -0.3 is 15.6 Å². The Kier molecular flexibility index (Phi) is 3.10. The van der Waals surface area contributed by atoms with Gasteiger partial charge in [0.15, 0.2) is 0 Å². The Morgan fingerprint density at radius 3 is 3.00 bits per heavy atom. The van der Waals surface area contributed by atoms with E-state index in [4.69, 9.17) is 5.73 Å². The minimum atomic E-state index is 0.478. The predicted molar refractivity (Wildman–Crippen MR) is 75.7 cm³/mol. The number of nitrogens with zero attached hydrogens (tertiary/aromatic N) is 1. The second-order valence-corrected chi connectivity index (χ2v) is 5.44. The molecule has 0 spiro atoms. The van der Waals surface area contributed by atoms with E-state index in [1.807, 2.05) is 0 Å². The van der Waals surface area contributed by atoms with E-state index in [0.717, 1.165) is 6.54 Å². The van der Waals surface area contributed by atoms with Crippen LogP contribution in [0.3, 0.4) is 0 Å². The zero-order chi connectivity index (χ0) is 12.5. The molecule has 1 saturated heterocycles. The first-order valence-electron chi connectivity index (χ1n) is 6.74. The molecule has 2 atom stereocenters. The number of hydrogen-bond donors (Lipinski definition) is 2. The molecule has 2 unspecified atom stereocenters. The number of hydrogen-bond acceptors (Lipinski definition) is 2. The Labute approximate surface area is 108 Å². The molecule has 0 radical (unpaired) electrons. The summed E-state index contributed by atoms with van der Waals surface area (Å²) >= 11 is 0. The van der Waals surface area contributed by atoms with Gasteiger partial charge in [0.2, 0.25) is 0 Å². The molecule has 3 N–H and O–H groups in total. The Morgan fingerprint density at radius 2 is 2.28 bits per heavy atom. The van der Waals surface area contributed by atoms with Crippen molar-refractivity contribution in [2.45, 2.75) is 12.3 Å². The van der Waals surface area contributed by atoms with Crippen molar-refractivity contribution in [2.24, 2.45) is 11.7 Å². The van der Waals surface area contributed by atoms with Crippen LogP contribution >= 0.6 is 0 Å². The van der Waals surface area contributed by atoms with Crippen LogP contribution in [-0.2, 0) is 0 Å². The first kappa shape index (κ1) is 11.8. The SMILES string of the molecule is CN1CCC(C(CN)c2c[nH]c3ccccc23)C1. The van der Waals surface area contributed by atoms with E-state index in [0.29, 0.717) is 11.8 Å². The van der Waals surface area contributed by atoms with E-state index in [-0.39, 0.29) is 0 Å². The van der Waals surface area contributed by atoms with Crippen molar-refractivity contribution in [1.82, 2.24) is 9.88 Å². The fourth-order valence-electron chi connectivity index (χ4n) is 3.27. The van der Waals surface area contributed by atoms with E-state index in [2.05, 4.69) is 47.4 Å². The van der Waals surface area contributed by atoms with Gasteiger partial charge in [0.1, 0.15) is 0 Å². The Morgan fingerprint density at radius 1 is 1.44 bits per heavy atom. The number of nitrogens with one attached hydrogen (secondary N) is 1. The summed E-state index contributed by atoms with van der Waals surface area (Å²) in [6, 6.07) is 8.51. The third-order valence-electron chi connectivity index (χ3n) is 4.27. The molecule has 18 heavy (non-hydrogen) atoms. The molecule has 3 rings (SSSR count). The third kappa shape index (κ3) is 1.93. The predicted octanol–water partition coefficient (Wildman–Crippen LogP) is 2.16. The number of para-hydroxylation sites is 1. The van der Waals surface area contributed by atoms with Gasteiger partial charge in [-0.15, -0.1) is 0 Å². The Hall–Kier alpha value is -1.32. The molecule has 1 aromatic heterocycles. The molecular formula is C15H21N3. The summed E-state index contributed by atoms with van der Waals surface area (Å²) in [5, 5.41) is 1.34. The van der Waals surface area contributed by atoms with Crippen molar-refractivity contribution in [2.75, 3.05) is 26.7 Å². The van der Waals surface area contributed by atoms with Crippen LogP contribution in [0.5, 0.6) is 0 Å². The van der Waals surface area contributed by atoms with E-state index in [9.17, 15) is 0 Å². The molecule has 0 amide bonds. The van der Waals surface area contributed by atoms with Crippen molar-refractivity contribution in [3.05, 3.63) is 36.0 Å². The minimum Gasteiger partial charge on any atom is -0.361 e. The number of likely N-dealkylation sites (tertiary alicyclic amines) is 1. The van der Waals surface area contributed by atoms with Crippen molar-refractivity contribution >= 4 is 10.9 Å². The van der Waals surface area contributed by atoms with Crippen LogP contribution in [0.25, 0.3) is 10.9 Å². The van der Waals surface area contributed by atoms with Gasteiger partial charge in [-0.1, -0.05) is 18.2 Å². The highest BCUT2D eigenvalue weighted by molar-refractivity contribution is 5.83. The Balaban J connectivity index is 1.96. The Bertz CT molecular complexity index is 531. The van der Waals surface area contributed by atoms with Crippen LogP contribution in [-0.4, -0.2) is 36.6 Å². The maximum Gasteiger partial charge on any atom is 0.0456 e. The van der Waals surface area contributed by atoms with Crippen LogP contribution < -0.4 is 5.73 Å². The van der Waals surface area contributed by atoms with Gasteiger partial charge in [-0.25, -0.2) is 0 Å². The molecule has 1 fully saturated rings. The van der Waals surface area contributed by atoms with Crippen LogP contribution in [0.4, 0.5) is 0 Å². The summed E-state index contributed by atoms with van der Waals surface area (Å²) in [4.78, 5) is 5.77. The van der Waals surface area contributed by atoms with Gasteiger partial charge >= 0.3 is 0 Å². The highest BCUT2D eigenvalue weighted by Crippen LogP contribution is 2.34. The smallest absolute Gasteiger partial charge is 0.0456 e. The number of H-pyrrole nitrogens is 1. The first-order valence-corrected chi connectivity index (χ1v) is 6.74. The van der Waals surface area contributed by atoms with Crippen molar-refractivity contribution < 1.29 is 0 Å². The fraction of sp³-hybridized carbons (Fsp3) is 0.467. The lowest BCUT2D eigenvalue weighted by atomic mass is 9.85. The van der Waals surface area contributed by atoms with Crippen LogP contribution in [0.2, 0.25) is 0 Å². The second kappa shape index (κ2) is 4.75. The molecule has 1 aliphatic heterocycles. The van der Waals surface area contributed by atoms with Crippen molar-refractivity contribution in [3.63, 3.8) is 0 Å². The minimum absolute atomic E-state index is 0.478. The maximum absolute atomic E-state index is 6.05. The molecule has 0 saturated carbocycles. The molecule has 3 heteroatoms. The summed E-state index contributed by atoms with van der Waals surface area (Å²) in [6.07, 6.45) is 3.42. The number of aromatic nitrogens is 1. The fourth-order valence-corrected chi connectivity index (χ4v) is 3.27. The molecule has 2 heterocycles. The molecule has 0 bridgehead atoms. The average molecular weight is 243 g/mol. The molecular weight excluding hydrogens is 222 g/mol. The highest BCUT2D eigenvalue weighted by atomic mass is 15.1. The summed E-state index contributed by atoms with van der Waals surface area (Å²) in [6.45, 7) is 3.10. The van der Waals surface area contributed by atoms with Gasteiger partial charge in [0.05, 0.1) is 0 Å². The topological polar surface area (TPSA) is 45.0 Å². The number of rotatable bonds is 3. The van der Waals surface area contributed by atoms with E-state index in [1.165, 1.54) is 36.0 Å². The third-order valence-corrected chi connectivity index (χ3v) is 4.27. The lowest BCUT2D eigenvalue weighted by Crippen LogP contribution is -2.24. The molecule has 0 aliphatic carbocycles. The monoisotopic (exact) mass is 243 g/mol. The number of benzene rings is 1. The van der Waals surface area contributed by atoms with Gasteiger partial charge in [0.25, 0.3) is 0 Å². The van der Waals surface area contributed by atoms with E-state index >= 15 is 0 Å². The quantitative estimate of drug-likeness (QED) is 0.867. The van der Waals surface area contributed by atoms with Gasteiger partial charge in [0, 0.05) is 29.6 Å².